The third-order valence-corrected chi connectivity index (χ3v) is 6.25. The lowest BCUT2D eigenvalue weighted by molar-refractivity contribution is -0.141. The highest BCUT2D eigenvalue weighted by molar-refractivity contribution is 7.89. The molecule has 8 nitrogen and oxygen atoms in total. The fourth-order valence-corrected chi connectivity index (χ4v) is 4.31. The Bertz CT molecular complexity index is 945. The van der Waals surface area contributed by atoms with Gasteiger partial charge in [0.05, 0.1) is 4.90 Å². The summed E-state index contributed by atoms with van der Waals surface area (Å²) in [6, 6.07) is 12.9. The molecule has 0 bridgehead atoms. The van der Waals surface area contributed by atoms with Crippen LogP contribution in [-0.4, -0.2) is 42.5 Å². The minimum atomic E-state index is -4.46. The molecular weight excluding hydrogens is 408 g/mol. The van der Waals surface area contributed by atoms with Crippen LogP contribution in [-0.2, 0) is 26.2 Å². The molecular formula is C21H26N2O6S. The number of aryl methyl sites for hydroxylation is 1. The first-order chi connectivity index (χ1) is 14.3. The number of ether oxygens (including phenoxy) is 1. The van der Waals surface area contributed by atoms with Gasteiger partial charge < -0.3 is 15.6 Å². The summed E-state index contributed by atoms with van der Waals surface area (Å²) >= 11 is 0. The van der Waals surface area contributed by atoms with Gasteiger partial charge in [-0.15, -0.1) is 0 Å². The molecule has 0 heterocycles. The molecule has 0 saturated carbocycles. The molecule has 0 saturated heterocycles. The SMILES string of the molecule is Cc1ccc(S(=O)(=O)N(C(=O)OCc2ccccc2)[C@H](CCCCN)C(=O)O)cc1. The molecule has 1 atom stereocenters. The zero-order valence-corrected chi connectivity index (χ0v) is 17.5. The number of nitrogens with two attached hydrogens (primary N) is 1. The standard InChI is InChI=1S/C21H26N2O6S/c1-16-10-12-18(13-11-16)30(27,28)23(19(20(24)25)9-5-6-14-22)21(26)29-15-17-7-3-2-4-8-17/h2-4,7-8,10-13,19H,5-6,9,14-15,22H2,1H3,(H,24,25)/t19-/m1/s1. The van der Waals surface area contributed by atoms with Crippen LogP contribution in [0.15, 0.2) is 59.5 Å². The number of carboxylic acids is 1. The summed E-state index contributed by atoms with van der Waals surface area (Å²) < 4.78 is 31.9. The molecule has 1 amide bonds. The van der Waals surface area contributed by atoms with E-state index in [9.17, 15) is 23.1 Å². The van der Waals surface area contributed by atoms with Crippen molar-refractivity contribution in [2.75, 3.05) is 6.54 Å². The molecule has 2 rings (SSSR count). The second-order valence-electron chi connectivity index (χ2n) is 6.79. The molecule has 0 aromatic heterocycles. The average Bonchev–Trinajstić information content (AvgIpc) is 2.72. The van der Waals surface area contributed by atoms with E-state index in [-0.39, 0.29) is 17.9 Å². The largest absolute Gasteiger partial charge is 0.480 e. The maximum Gasteiger partial charge on any atom is 0.425 e. The number of carboxylic acid groups (broad SMARTS) is 1. The van der Waals surface area contributed by atoms with E-state index < -0.39 is 28.1 Å². The second kappa shape index (κ2) is 10.7. The highest BCUT2D eigenvalue weighted by Crippen LogP contribution is 2.23. The van der Waals surface area contributed by atoms with E-state index in [0.717, 1.165) is 5.56 Å². The van der Waals surface area contributed by atoms with Crippen LogP contribution in [0.25, 0.3) is 0 Å². The van der Waals surface area contributed by atoms with Gasteiger partial charge in [-0.2, -0.15) is 4.31 Å². The lowest BCUT2D eigenvalue weighted by atomic mass is 10.1. The van der Waals surface area contributed by atoms with E-state index in [2.05, 4.69) is 0 Å². The van der Waals surface area contributed by atoms with Crippen molar-refractivity contribution in [2.24, 2.45) is 5.73 Å². The lowest BCUT2D eigenvalue weighted by Gasteiger charge is -2.27. The molecule has 2 aromatic rings. The Labute approximate surface area is 176 Å². The number of rotatable bonds is 10. The molecule has 0 aliphatic rings. The minimum absolute atomic E-state index is 0.0714. The van der Waals surface area contributed by atoms with Gasteiger partial charge in [0.1, 0.15) is 12.6 Å². The number of hydrogen-bond acceptors (Lipinski definition) is 6. The lowest BCUT2D eigenvalue weighted by Crippen LogP contribution is -2.48. The molecule has 162 valence electrons. The van der Waals surface area contributed by atoms with Crippen molar-refractivity contribution in [3.05, 3.63) is 65.7 Å². The predicted octanol–water partition coefficient (Wildman–Crippen LogP) is 2.90. The zero-order valence-electron chi connectivity index (χ0n) is 16.7. The number of aliphatic carboxylic acids is 1. The Morgan fingerprint density at radius 1 is 1.07 bits per heavy atom. The number of nitrogens with zero attached hydrogens (tertiary/aromatic N) is 1. The van der Waals surface area contributed by atoms with Gasteiger partial charge in [0.15, 0.2) is 0 Å². The number of unbranched alkanes of at least 4 members (excludes halogenated alkanes) is 1. The van der Waals surface area contributed by atoms with Crippen molar-refractivity contribution >= 4 is 22.1 Å². The van der Waals surface area contributed by atoms with Crippen molar-refractivity contribution in [1.29, 1.82) is 0 Å². The van der Waals surface area contributed by atoms with Gasteiger partial charge in [0, 0.05) is 0 Å². The molecule has 0 aliphatic carbocycles. The summed E-state index contributed by atoms with van der Waals surface area (Å²) in [5.74, 6) is -1.43. The fraction of sp³-hybridized carbons (Fsp3) is 0.333. The summed E-state index contributed by atoms with van der Waals surface area (Å²) in [6.45, 7) is 1.93. The Morgan fingerprint density at radius 2 is 1.70 bits per heavy atom. The summed E-state index contributed by atoms with van der Waals surface area (Å²) in [6.07, 6.45) is -0.460. The van der Waals surface area contributed by atoms with E-state index in [1.165, 1.54) is 12.1 Å². The number of carbonyl (C=O) groups excluding carboxylic acids is 1. The quantitative estimate of drug-likeness (QED) is 0.550. The monoisotopic (exact) mass is 434 g/mol. The van der Waals surface area contributed by atoms with Gasteiger partial charge in [0.2, 0.25) is 0 Å². The Hall–Kier alpha value is -2.91. The first-order valence-electron chi connectivity index (χ1n) is 9.52. The third kappa shape index (κ3) is 6.04. The first-order valence-corrected chi connectivity index (χ1v) is 11.0. The van der Waals surface area contributed by atoms with Crippen molar-refractivity contribution in [3.8, 4) is 0 Å². The summed E-state index contributed by atoms with van der Waals surface area (Å²) in [5, 5.41) is 9.69. The second-order valence-corrected chi connectivity index (χ2v) is 8.61. The van der Waals surface area contributed by atoms with Crippen LogP contribution < -0.4 is 5.73 Å². The number of carbonyl (C=O) groups is 2. The van der Waals surface area contributed by atoms with Gasteiger partial charge in [-0.1, -0.05) is 48.0 Å². The summed E-state index contributed by atoms with van der Waals surface area (Å²) in [7, 11) is -4.46. The maximum atomic E-state index is 13.2. The van der Waals surface area contributed by atoms with Gasteiger partial charge in [-0.3, -0.25) is 0 Å². The van der Waals surface area contributed by atoms with Crippen LogP contribution >= 0.6 is 0 Å². The van der Waals surface area contributed by atoms with Crippen LogP contribution in [0.4, 0.5) is 4.79 Å². The van der Waals surface area contributed by atoms with Gasteiger partial charge in [-0.05, 0) is 50.4 Å². The molecule has 0 spiro atoms. The van der Waals surface area contributed by atoms with Crippen molar-refractivity contribution < 1.29 is 27.9 Å². The molecule has 0 fully saturated rings. The van der Waals surface area contributed by atoms with Gasteiger partial charge in [-0.25, -0.2) is 18.0 Å². The first kappa shape index (κ1) is 23.4. The zero-order chi connectivity index (χ0) is 22.1. The third-order valence-electron chi connectivity index (χ3n) is 4.46. The molecule has 30 heavy (non-hydrogen) atoms. The Kier molecular flexibility index (Phi) is 8.37. The highest BCUT2D eigenvalue weighted by atomic mass is 32.2. The number of benzene rings is 2. The molecule has 0 unspecified atom stereocenters. The molecule has 0 aliphatic heterocycles. The van der Waals surface area contributed by atoms with Crippen LogP contribution in [0.2, 0.25) is 0 Å². The number of sulfonamides is 1. The fourth-order valence-electron chi connectivity index (χ4n) is 2.82. The van der Waals surface area contributed by atoms with Crippen molar-refractivity contribution in [1.82, 2.24) is 4.31 Å². The van der Waals surface area contributed by atoms with Crippen LogP contribution in [0.1, 0.15) is 30.4 Å². The van der Waals surface area contributed by atoms with E-state index in [4.69, 9.17) is 10.5 Å². The van der Waals surface area contributed by atoms with E-state index in [0.29, 0.717) is 29.3 Å². The number of hydrogen-bond donors (Lipinski definition) is 2. The molecule has 0 radical (unpaired) electrons. The molecule has 9 heteroatoms. The van der Waals surface area contributed by atoms with E-state index in [1.54, 1.807) is 49.4 Å². The Balaban J connectivity index is 2.37. The molecule has 3 N–H and O–H groups in total. The number of amides is 1. The van der Waals surface area contributed by atoms with Crippen LogP contribution in [0.3, 0.4) is 0 Å². The molecule has 2 aromatic carbocycles. The normalized spacial score (nSPS) is 12.2. The van der Waals surface area contributed by atoms with E-state index in [1.807, 2.05) is 0 Å². The van der Waals surface area contributed by atoms with Crippen molar-refractivity contribution in [2.45, 2.75) is 43.7 Å². The Morgan fingerprint density at radius 3 is 2.27 bits per heavy atom. The summed E-state index contributed by atoms with van der Waals surface area (Å²) in [4.78, 5) is 24.5. The van der Waals surface area contributed by atoms with Crippen molar-refractivity contribution in [3.63, 3.8) is 0 Å². The smallest absolute Gasteiger partial charge is 0.425 e. The summed E-state index contributed by atoms with van der Waals surface area (Å²) in [5.41, 5.74) is 6.93. The van der Waals surface area contributed by atoms with Gasteiger partial charge >= 0.3 is 12.1 Å². The van der Waals surface area contributed by atoms with Crippen LogP contribution in [0, 0.1) is 6.92 Å². The minimum Gasteiger partial charge on any atom is -0.480 e. The highest BCUT2D eigenvalue weighted by Gasteiger charge is 2.40. The maximum absolute atomic E-state index is 13.2. The van der Waals surface area contributed by atoms with Crippen LogP contribution in [0.5, 0.6) is 0 Å². The van der Waals surface area contributed by atoms with E-state index >= 15 is 0 Å². The topological polar surface area (TPSA) is 127 Å². The van der Waals surface area contributed by atoms with Gasteiger partial charge in [0.25, 0.3) is 10.0 Å². The predicted molar refractivity (Wildman–Crippen MR) is 111 cm³/mol. The average molecular weight is 435 g/mol.